The van der Waals surface area contributed by atoms with Gasteiger partial charge in [-0.05, 0) is 70.2 Å². The van der Waals surface area contributed by atoms with Crippen LogP contribution in [0.2, 0.25) is 0 Å². The predicted octanol–water partition coefficient (Wildman–Crippen LogP) is 2.55. The highest BCUT2D eigenvalue weighted by molar-refractivity contribution is 5.79. The minimum absolute atomic E-state index is 0.144. The molecule has 1 heterocycles. The Bertz CT molecular complexity index is 628. The maximum atomic E-state index is 10.5. The van der Waals surface area contributed by atoms with Gasteiger partial charge < -0.3 is 25.4 Å². The van der Waals surface area contributed by atoms with Crippen molar-refractivity contribution in [3.8, 4) is 5.75 Å². The highest BCUT2D eigenvalue weighted by atomic mass is 16.5. The molecule has 2 unspecified atom stereocenters. The number of ether oxygens (including phenoxy) is 1. The van der Waals surface area contributed by atoms with Crippen LogP contribution in [0.5, 0.6) is 5.75 Å². The van der Waals surface area contributed by atoms with Gasteiger partial charge in [0.25, 0.3) is 0 Å². The Morgan fingerprint density at radius 2 is 1.96 bits per heavy atom. The fraction of sp³-hybridized carbons (Fsp3) is 0.682. The Morgan fingerprint density at radius 3 is 2.61 bits per heavy atom. The molecule has 1 aliphatic carbocycles. The van der Waals surface area contributed by atoms with Gasteiger partial charge in [0.1, 0.15) is 5.75 Å². The van der Waals surface area contributed by atoms with E-state index in [4.69, 9.17) is 4.74 Å². The van der Waals surface area contributed by atoms with Crippen LogP contribution in [0.25, 0.3) is 0 Å². The summed E-state index contributed by atoms with van der Waals surface area (Å²) in [5, 5.41) is 17.2. The quantitative estimate of drug-likeness (QED) is 0.448. The number of aliphatic hydroxyl groups excluding tert-OH is 1. The topological polar surface area (TPSA) is 69.1 Å². The van der Waals surface area contributed by atoms with Gasteiger partial charge in [0.2, 0.25) is 0 Å². The zero-order valence-corrected chi connectivity index (χ0v) is 17.5. The van der Waals surface area contributed by atoms with Crippen LogP contribution in [-0.4, -0.2) is 60.8 Å². The van der Waals surface area contributed by atoms with E-state index >= 15 is 0 Å². The van der Waals surface area contributed by atoms with Gasteiger partial charge in [-0.2, -0.15) is 0 Å². The molecule has 1 aromatic rings. The van der Waals surface area contributed by atoms with Gasteiger partial charge in [0, 0.05) is 25.7 Å². The molecule has 2 fully saturated rings. The third-order valence-electron chi connectivity index (χ3n) is 5.34. The lowest BCUT2D eigenvalue weighted by Gasteiger charge is -2.17. The largest absolute Gasteiger partial charge is 0.491 e. The van der Waals surface area contributed by atoms with Crippen LogP contribution in [0.1, 0.15) is 51.7 Å². The van der Waals surface area contributed by atoms with E-state index < -0.39 is 6.10 Å². The van der Waals surface area contributed by atoms with Crippen LogP contribution >= 0.6 is 0 Å². The molecule has 6 nitrogen and oxygen atoms in total. The molecule has 0 bridgehead atoms. The number of rotatable bonds is 9. The van der Waals surface area contributed by atoms with Crippen LogP contribution < -0.4 is 15.4 Å². The summed E-state index contributed by atoms with van der Waals surface area (Å²) in [6.45, 7) is 10.6. The Morgan fingerprint density at radius 1 is 1.21 bits per heavy atom. The number of likely N-dealkylation sites (tertiary alicyclic amines) is 1. The summed E-state index contributed by atoms with van der Waals surface area (Å²) in [4.78, 5) is 7.22. The minimum Gasteiger partial charge on any atom is -0.491 e. The third kappa shape index (κ3) is 6.38. The molecule has 28 heavy (non-hydrogen) atoms. The number of aliphatic imine (C=N–C) groups is 1. The second kappa shape index (κ2) is 10.1. The highest BCUT2D eigenvalue weighted by Gasteiger charge is 2.34. The van der Waals surface area contributed by atoms with Gasteiger partial charge in [-0.1, -0.05) is 12.1 Å². The Labute approximate surface area is 169 Å². The van der Waals surface area contributed by atoms with Crippen LogP contribution in [0.15, 0.2) is 29.3 Å². The zero-order valence-electron chi connectivity index (χ0n) is 17.5. The van der Waals surface area contributed by atoms with E-state index in [1.54, 1.807) is 0 Å². The summed E-state index contributed by atoms with van der Waals surface area (Å²) >= 11 is 0. The summed E-state index contributed by atoms with van der Waals surface area (Å²) in [5.41, 5.74) is 0.853. The van der Waals surface area contributed by atoms with Crippen molar-refractivity contribution in [3.63, 3.8) is 0 Å². The molecule has 1 aliphatic heterocycles. The molecule has 156 valence electrons. The molecule has 0 aromatic heterocycles. The van der Waals surface area contributed by atoms with Crippen molar-refractivity contribution in [2.75, 3.05) is 32.7 Å². The first-order valence-corrected chi connectivity index (χ1v) is 10.8. The summed E-state index contributed by atoms with van der Waals surface area (Å²) in [7, 11) is 0. The Balaban J connectivity index is 1.47. The molecule has 3 N–H and O–H groups in total. The standard InChI is InChI=1S/C22H36N4O2/c1-4-23-22(24-13-17-11-12-26(15-17)19-7-8-19)25-14-21(27)18-5-9-20(10-6-18)28-16(2)3/h5-6,9-10,16-17,19,21,27H,4,7-8,11-15H2,1-3H3,(H2,23,24,25). The zero-order chi connectivity index (χ0) is 19.9. The maximum Gasteiger partial charge on any atom is 0.191 e. The van der Waals surface area contributed by atoms with Gasteiger partial charge in [-0.15, -0.1) is 0 Å². The van der Waals surface area contributed by atoms with E-state index in [1.165, 1.54) is 32.4 Å². The number of aliphatic hydroxyl groups is 1. The molecule has 2 atom stereocenters. The Hall–Kier alpha value is -1.79. The fourth-order valence-electron chi connectivity index (χ4n) is 3.71. The number of nitrogens with one attached hydrogen (secondary N) is 2. The van der Waals surface area contributed by atoms with Crippen molar-refractivity contribution in [3.05, 3.63) is 29.8 Å². The first kappa shape index (κ1) is 20.9. The van der Waals surface area contributed by atoms with Gasteiger partial charge >= 0.3 is 0 Å². The summed E-state index contributed by atoms with van der Waals surface area (Å²) in [6, 6.07) is 8.47. The van der Waals surface area contributed by atoms with Crippen LogP contribution in [0, 0.1) is 5.92 Å². The summed E-state index contributed by atoms with van der Waals surface area (Å²) in [5.74, 6) is 2.29. The molecule has 1 saturated heterocycles. The summed E-state index contributed by atoms with van der Waals surface area (Å²) in [6.07, 6.45) is 3.54. The van der Waals surface area contributed by atoms with Crippen molar-refractivity contribution in [1.82, 2.24) is 15.5 Å². The molecule has 0 spiro atoms. The third-order valence-corrected chi connectivity index (χ3v) is 5.34. The first-order valence-electron chi connectivity index (χ1n) is 10.8. The molecule has 6 heteroatoms. The lowest BCUT2D eigenvalue weighted by molar-refractivity contribution is 0.186. The van der Waals surface area contributed by atoms with Crippen molar-refractivity contribution >= 4 is 5.96 Å². The van der Waals surface area contributed by atoms with Crippen molar-refractivity contribution in [1.29, 1.82) is 0 Å². The minimum atomic E-state index is -0.625. The second-order valence-corrected chi connectivity index (χ2v) is 8.23. The number of benzene rings is 1. The normalized spacial score (nSPS) is 21.8. The van der Waals surface area contributed by atoms with Crippen LogP contribution in [-0.2, 0) is 0 Å². The Kier molecular flexibility index (Phi) is 7.57. The van der Waals surface area contributed by atoms with E-state index in [1.807, 2.05) is 38.1 Å². The summed E-state index contributed by atoms with van der Waals surface area (Å²) < 4.78 is 5.65. The van der Waals surface area contributed by atoms with Gasteiger partial charge in [0.05, 0.1) is 18.8 Å². The van der Waals surface area contributed by atoms with Crippen LogP contribution in [0.3, 0.4) is 0 Å². The lowest BCUT2D eigenvalue weighted by atomic mass is 10.1. The van der Waals surface area contributed by atoms with E-state index in [0.29, 0.717) is 12.5 Å². The first-order chi connectivity index (χ1) is 13.5. The van der Waals surface area contributed by atoms with Gasteiger partial charge in [0.15, 0.2) is 5.96 Å². The SMILES string of the molecule is CCNC(=NCC(O)c1ccc(OC(C)C)cc1)NCC1CCN(C2CC2)C1. The molecule has 1 saturated carbocycles. The van der Waals surface area contributed by atoms with Gasteiger partial charge in [-0.3, -0.25) is 4.99 Å². The fourth-order valence-corrected chi connectivity index (χ4v) is 3.71. The monoisotopic (exact) mass is 388 g/mol. The van der Waals surface area contributed by atoms with Gasteiger partial charge in [-0.25, -0.2) is 0 Å². The number of nitrogens with zero attached hydrogens (tertiary/aromatic N) is 2. The van der Waals surface area contributed by atoms with E-state index in [0.717, 1.165) is 36.4 Å². The van der Waals surface area contributed by atoms with Crippen molar-refractivity contribution in [2.24, 2.45) is 10.9 Å². The molecule has 1 aromatic carbocycles. The average Bonchev–Trinajstić information content (AvgIpc) is 3.42. The molecular formula is C22H36N4O2. The number of hydrogen-bond donors (Lipinski definition) is 3. The van der Waals surface area contributed by atoms with Crippen molar-refractivity contribution < 1.29 is 9.84 Å². The smallest absolute Gasteiger partial charge is 0.191 e. The van der Waals surface area contributed by atoms with Crippen LogP contribution in [0.4, 0.5) is 0 Å². The molecule has 3 rings (SSSR count). The average molecular weight is 389 g/mol. The maximum absolute atomic E-state index is 10.5. The molecule has 0 amide bonds. The molecule has 0 radical (unpaired) electrons. The number of hydrogen-bond acceptors (Lipinski definition) is 4. The van der Waals surface area contributed by atoms with E-state index in [-0.39, 0.29) is 6.10 Å². The molecule has 2 aliphatic rings. The number of guanidine groups is 1. The van der Waals surface area contributed by atoms with E-state index in [2.05, 4.69) is 27.4 Å². The predicted molar refractivity (Wildman–Crippen MR) is 114 cm³/mol. The lowest BCUT2D eigenvalue weighted by Crippen LogP contribution is -2.40. The second-order valence-electron chi connectivity index (χ2n) is 8.23. The van der Waals surface area contributed by atoms with E-state index in [9.17, 15) is 5.11 Å². The van der Waals surface area contributed by atoms with Crippen molar-refractivity contribution in [2.45, 2.75) is 58.3 Å². The molecular weight excluding hydrogens is 352 g/mol. The highest BCUT2D eigenvalue weighted by Crippen LogP contribution is 2.31.